The molecule has 11 heteroatoms. The largest absolute Gasteiger partial charge is 0.419 e. The molecule has 0 aliphatic carbocycles. The van der Waals surface area contributed by atoms with Gasteiger partial charge in [-0.1, -0.05) is 0 Å². The highest BCUT2D eigenvalue weighted by atomic mass is 127. The molecule has 2 aromatic rings. The normalized spacial score (nSPS) is 11.7. The van der Waals surface area contributed by atoms with Gasteiger partial charge in [0.1, 0.15) is 5.82 Å². The number of anilines is 1. The van der Waals surface area contributed by atoms with Gasteiger partial charge in [-0.3, -0.25) is 4.99 Å². The summed E-state index contributed by atoms with van der Waals surface area (Å²) in [6.07, 6.45) is -2.36. The number of thiazole rings is 1. The highest BCUT2D eigenvalue weighted by Crippen LogP contribution is 2.33. The number of nitrogens with zero attached hydrogens (tertiary/aromatic N) is 3. The minimum Gasteiger partial charge on any atom is -0.368 e. The number of rotatable bonds is 8. The number of alkyl halides is 3. The highest BCUT2D eigenvalue weighted by Gasteiger charge is 2.33. The summed E-state index contributed by atoms with van der Waals surface area (Å²) in [5.41, 5.74) is 0.275. The third kappa shape index (κ3) is 8.33. The Morgan fingerprint density at radius 2 is 1.97 bits per heavy atom. The molecule has 0 atom stereocenters. The summed E-state index contributed by atoms with van der Waals surface area (Å²) < 4.78 is 38.9. The fraction of sp³-hybridized carbons (Fsp3) is 0.500. The van der Waals surface area contributed by atoms with Crippen LogP contribution in [0.3, 0.4) is 0 Å². The maximum absolute atomic E-state index is 13.0. The minimum atomic E-state index is -4.44. The van der Waals surface area contributed by atoms with Crippen molar-refractivity contribution in [1.29, 1.82) is 0 Å². The van der Waals surface area contributed by atoms with Crippen molar-refractivity contribution in [2.45, 2.75) is 33.4 Å². The van der Waals surface area contributed by atoms with Gasteiger partial charge in [0.2, 0.25) is 0 Å². The monoisotopic (exact) mass is 542 g/mol. The van der Waals surface area contributed by atoms with Crippen LogP contribution in [0.15, 0.2) is 23.3 Å². The number of hydrogen-bond donors (Lipinski definition) is 3. The summed E-state index contributed by atoms with van der Waals surface area (Å²) in [5, 5.41) is 9.99. The Morgan fingerprint density at radius 1 is 1.21 bits per heavy atom. The Labute approximate surface area is 189 Å². The third-order valence-corrected chi connectivity index (χ3v) is 4.97. The molecule has 2 aromatic heterocycles. The first kappa shape index (κ1) is 25.4. The van der Waals surface area contributed by atoms with Crippen molar-refractivity contribution in [2.75, 3.05) is 31.5 Å². The van der Waals surface area contributed by atoms with E-state index in [4.69, 9.17) is 0 Å². The number of halogens is 4. The van der Waals surface area contributed by atoms with E-state index in [1.54, 1.807) is 11.3 Å². The predicted molar refractivity (Wildman–Crippen MR) is 122 cm³/mol. The molecule has 0 bridgehead atoms. The summed E-state index contributed by atoms with van der Waals surface area (Å²) in [6, 6.07) is 2.28. The second-order valence-corrected chi connectivity index (χ2v) is 7.30. The van der Waals surface area contributed by atoms with E-state index >= 15 is 0 Å². The van der Waals surface area contributed by atoms with Crippen LogP contribution in [0.1, 0.15) is 28.1 Å². The molecular weight excluding hydrogens is 516 g/mol. The van der Waals surface area contributed by atoms with Gasteiger partial charge in [-0.25, -0.2) is 9.97 Å². The van der Waals surface area contributed by atoms with E-state index in [-0.39, 0.29) is 36.3 Å². The Balaban J connectivity index is 0.00000420. The van der Waals surface area contributed by atoms with Crippen molar-refractivity contribution in [3.63, 3.8) is 0 Å². The summed E-state index contributed by atoms with van der Waals surface area (Å²) >= 11 is 1.67. The molecule has 162 valence electrons. The first-order valence-corrected chi connectivity index (χ1v) is 9.84. The number of aromatic nitrogens is 2. The lowest BCUT2D eigenvalue weighted by Crippen LogP contribution is -2.39. The molecule has 29 heavy (non-hydrogen) atoms. The van der Waals surface area contributed by atoms with Gasteiger partial charge in [0, 0.05) is 43.7 Å². The summed E-state index contributed by atoms with van der Waals surface area (Å²) in [4.78, 5) is 14.0. The zero-order valence-electron chi connectivity index (χ0n) is 16.6. The predicted octanol–water partition coefficient (Wildman–Crippen LogP) is 4.00. The summed E-state index contributed by atoms with van der Waals surface area (Å²) in [7, 11) is 0. The van der Waals surface area contributed by atoms with Gasteiger partial charge in [-0.05, 0) is 32.9 Å². The lowest BCUT2D eigenvalue weighted by Gasteiger charge is -2.14. The Kier molecular flexibility index (Phi) is 10.6. The van der Waals surface area contributed by atoms with Crippen molar-refractivity contribution >= 4 is 47.1 Å². The Hall–Kier alpha value is -1.63. The third-order valence-electron chi connectivity index (χ3n) is 3.84. The summed E-state index contributed by atoms with van der Waals surface area (Å²) in [6.45, 7) is 7.92. The second kappa shape index (κ2) is 12.2. The SMILES string of the molecule is CCNC(=NCCc1nc(C)c(C)s1)NCCNc1ncccc1C(F)(F)F.I. The molecule has 0 aliphatic rings. The number of aliphatic imine (C=N–C) groups is 1. The number of aryl methyl sites for hydroxylation is 2. The van der Waals surface area contributed by atoms with Crippen molar-refractivity contribution in [1.82, 2.24) is 20.6 Å². The first-order valence-electron chi connectivity index (χ1n) is 9.02. The van der Waals surface area contributed by atoms with Crippen LogP contribution in [0.5, 0.6) is 0 Å². The van der Waals surface area contributed by atoms with Crippen LogP contribution < -0.4 is 16.0 Å². The van der Waals surface area contributed by atoms with Crippen LogP contribution in [0.2, 0.25) is 0 Å². The number of nitrogens with one attached hydrogen (secondary N) is 3. The van der Waals surface area contributed by atoms with Crippen LogP contribution >= 0.6 is 35.3 Å². The molecule has 0 amide bonds. The van der Waals surface area contributed by atoms with Gasteiger partial charge in [0.25, 0.3) is 0 Å². The van der Waals surface area contributed by atoms with Crippen LogP contribution in [0.25, 0.3) is 0 Å². The lowest BCUT2D eigenvalue weighted by molar-refractivity contribution is -0.137. The zero-order valence-corrected chi connectivity index (χ0v) is 19.7. The van der Waals surface area contributed by atoms with E-state index in [0.29, 0.717) is 25.6 Å². The molecule has 0 radical (unpaired) electrons. The molecule has 3 N–H and O–H groups in total. The number of guanidine groups is 1. The average Bonchev–Trinajstić information content (AvgIpc) is 2.96. The van der Waals surface area contributed by atoms with Crippen molar-refractivity contribution < 1.29 is 13.2 Å². The summed E-state index contributed by atoms with van der Waals surface area (Å²) in [5.74, 6) is 0.444. The molecule has 0 aliphatic heterocycles. The first-order chi connectivity index (χ1) is 13.3. The van der Waals surface area contributed by atoms with E-state index in [2.05, 4.69) is 30.9 Å². The van der Waals surface area contributed by atoms with E-state index in [1.165, 1.54) is 17.1 Å². The Bertz CT molecular complexity index is 775. The fourth-order valence-corrected chi connectivity index (χ4v) is 3.31. The fourth-order valence-electron chi connectivity index (χ4n) is 2.39. The lowest BCUT2D eigenvalue weighted by atomic mass is 10.2. The second-order valence-electron chi connectivity index (χ2n) is 6.01. The van der Waals surface area contributed by atoms with Gasteiger partial charge in [0.05, 0.1) is 16.3 Å². The molecule has 0 unspecified atom stereocenters. The zero-order chi connectivity index (χ0) is 20.6. The molecule has 0 saturated carbocycles. The van der Waals surface area contributed by atoms with Gasteiger partial charge < -0.3 is 16.0 Å². The van der Waals surface area contributed by atoms with Gasteiger partial charge in [-0.2, -0.15) is 13.2 Å². The van der Waals surface area contributed by atoms with E-state index in [9.17, 15) is 13.2 Å². The number of pyridine rings is 1. The van der Waals surface area contributed by atoms with E-state index in [0.717, 1.165) is 23.2 Å². The maximum atomic E-state index is 13.0. The molecule has 0 saturated heterocycles. The molecule has 0 fully saturated rings. The quantitative estimate of drug-likeness (QED) is 0.204. The molecule has 6 nitrogen and oxygen atoms in total. The molecular formula is C18H26F3IN6S. The van der Waals surface area contributed by atoms with Gasteiger partial charge in [0.15, 0.2) is 5.96 Å². The standard InChI is InChI=1S/C18H25F3N6S.HI/c1-4-22-17(25-9-7-15-27-12(2)13(3)28-15)26-11-10-24-16-14(18(19,20)21)6-5-8-23-16;/h5-6,8H,4,7,9-11H2,1-3H3,(H,23,24)(H2,22,25,26);1H. The minimum absolute atomic E-state index is 0. The maximum Gasteiger partial charge on any atom is 0.419 e. The van der Waals surface area contributed by atoms with Crippen LogP contribution in [0.4, 0.5) is 19.0 Å². The van der Waals surface area contributed by atoms with Crippen LogP contribution in [-0.4, -0.2) is 42.1 Å². The van der Waals surface area contributed by atoms with Crippen molar-refractivity contribution in [3.05, 3.63) is 39.5 Å². The highest BCUT2D eigenvalue weighted by molar-refractivity contribution is 14.0. The average molecular weight is 542 g/mol. The molecule has 2 rings (SSSR count). The van der Waals surface area contributed by atoms with Gasteiger partial charge >= 0.3 is 6.18 Å². The number of hydrogen-bond acceptors (Lipinski definition) is 5. The van der Waals surface area contributed by atoms with Crippen molar-refractivity contribution in [2.24, 2.45) is 4.99 Å². The molecule has 0 spiro atoms. The smallest absolute Gasteiger partial charge is 0.368 e. The molecule has 0 aromatic carbocycles. The van der Waals surface area contributed by atoms with Crippen molar-refractivity contribution in [3.8, 4) is 0 Å². The van der Waals surface area contributed by atoms with E-state index in [1.807, 2.05) is 20.8 Å². The topological polar surface area (TPSA) is 74.2 Å². The van der Waals surface area contributed by atoms with Gasteiger partial charge in [-0.15, -0.1) is 35.3 Å². The van der Waals surface area contributed by atoms with E-state index < -0.39 is 11.7 Å². The Morgan fingerprint density at radius 3 is 2.59 bits per heavy atom. The van der Waals surface area contributed by atoms with Crippen LogP contribution in [0, 0.1) is 13.8 Å². The molecule has 2 heterocycles. The van der Waals surface area contributed by atoms with Crippen LogP contribution in [-0.2, 0) is 12.6 Å².